The first-order valence-corrected chi connectivity index (χ1v) is 20.4. The summed E-state index contributed by atoms with van der Waals surface area (Å²) >= 11 is 0. The van der Waals surface area contributed by atoms with Gasteiger partial charge >= 0.3 is 5.97 Å². The second-order valence-corrected chi connectivity index (χ2v) is 19.9. The molecule has 13 nitrogen and oxygen atoms in total. The van der Waals surface area contributed by atoms with Gasteiger partial charge in [-0.25, -0.2) is 0 Å². The highest BCUT2D eigenvalue weighted by molar-refractivity contribution is 5.77. The van der Waals surface area contributed by atoms with E-state index in [0.717, 1.165) is 37.7 Å². The first-order chi connectivity index (χ1) is 25.1. The van der Waals surface area contributed by atoms with E-state index >= 15 is 0 Å². The highest BCUT2D eigenvalue weighted by Gasteiger charge is 2.71. The Morgan fingerprint density at radius 3 is 2.20 bits per heavy atom. The molecule has 0 aromatic heterocycles. The molecule has 2 heterocycles. The molecule has 5 aliphatic carbocycles. The van der Waals surface area contributed by atoms with Crippen LogP contribution < -0.4 is 0 Å². The molecule has 0 aromatic rings. The van der Waals surface area contributed by atoms with Gasteiger partial charge in [-0.1, -0.05) is 53.2 Å². The molecular formula is C41H66O13. The third-order valence-corrected chi connectivity index (χ3v) is 17.3. The number of hydrogen-bond acceptors (Lipinski definition) is 12. The standard InChI is InChI=1S/C41H66O13/c1-20-10-15-41(35(48)49)17-16-38(5)21(32(41)40(20,7)50)8-9-25-37(4)13-12-26(36(2,3)24(37)11-14-39(25,38)6)53-34-31(27(44)22(43)19-51-34)54-33-30(47)29(46)28(45)23(18-42)52-33/h8,20,22-34,42-47,50H,9-19H2,1-7H3,(H,48,49)/t20-,22+,23+,24+,25+,26-,27+,28+,29-,30+,31-,32-,33-,34+,37-,38+,39-,40-,41+/m1/s1. The number of aliphatic hydroxyl groups is 7. The summed E-state index contributed by atoms with van der Waals surface area (Å²) in [6.45, 7) is 14.7. The van der Waals surface area contributed by atoms with Gasteiger partial charge in [0.2, 0.25) is 0 Å². The number of carboxylic acid groups (broad SMARTS) is 1. The normalized spacial score (nSPS) is 55.7. The average Bonchev–Trinajstić information content (AvgIpc) is 3.10. The fourth-order valence-electron chi connectivity index (χ4n) is 13.6. The molecule has 308 valence electrons. The molecule has 13 heteroatoms. The predicted molar refractivity (Wildman–Crippen MR) is 193 cm³/mol. The minimum atomic E-state index is -1.71. The maximum absolute atomic E-state index is 13.1. The molecule has 2 aliphatic heterocycles. The van der Waals surface area contributed by atoms with Crippen molar-refractivity contribution < 1.29 is 64.6 Å². The summed E-state index contributed by atoms with van der Waals surface area (Å²) in [5.41, 5.74) is -1.77. The Balaban J connectivity index is 1.14. The van der Waals surface area contributed by atoms with Crippen molar-refractivity contribution in [2.75, 3.05) is 13.2 Å². The lowest BCUT2D eigenvalue weighted by Crippen LogP contribution is -2.68. The summed E-state index contributed by atoms with van der Waals surface area (Å²) in [5.74, 6) is -0.672. The molecule has 0 aromatic carbocycles. The minimum Gasteiger partial charge on any atom is -0.481 e. The van der Waals surface area contributed by atoms with Crippen LogP contribution in [0.25, 0.3) is 0 Å². The van der Waals surface area contributed by atoms with Crippen LogP contribution >= 0.6 is 0 Å². The van der Waals surface area contributed by atoms with Crippen molar-refractivity contribution in [3.63, 3.8) is 0 Å². The highest BCUT2D eigenvalue weighted by Crippen LogP contribution is 2.76. The van der Waals surface area contributed by atoms with E-state index in [-0.39, 0.29) is 46.2 Å². The second kappa shape index (κ2) is 13.7. The third kappa shape index (κ3) is 5.68. The second-order valence-electron chi connectivity index (χ2n) is 19.9. The van der Waals surface area contributed by atoms with E-state index in [1.807, 2.05) is 6.92 Å². The lowest BCUT2D eigenvalue weighted by atomic mass is 9.33. The molecule has 7 rings (SSSR count). The van der Waals surface area contributed by atoms with Crippen LogP contribution in [0.1, 0.15) is 106 Å². The van der Waals surface area contributed by atoms with Gasteiger partial charge in [0.25, 0.3) is 0 Å². The van der Waals surface area contributed by atoms with Crippen molar-refractivity contribution >= 4 is 5.97 Å². The van der Waals surface area contributed by atoms with Crippen LogP contribution in [0.15, 0.2) is 11.6 Å². The molecule has 4 saturated carbocycles. The van der Waals surface area contributed by atoms with Crippen LogP contribution in [0.4, 0.5) is 0 Å². The molecule has 0 unspecified atom stereocenters. The lowest BCUT2D eigenvalue weighted by Gasteiger charge is -2.72. The molecule has 0 amide bonds. The zero-order chi connectivity index (χ0) is 39.6. The molecule has 6 fully saturated rings. The summed E-state index contributed by atoms with van der Waals surface area (Å²) < 4.78 is 24.2. The molecule has 0 spiro atoms. The summed E-state index contributed by atoms with van der Waals surface area (Å²) in [5, 5.41) is 85.5. The zero-order valence-electron chi connectivity index (χ0n) is 33.1. The Hall–Kier alpha value is -1.23. The first kappa shape index (κ1) is 40.9. The van der Waals surface area contributed by atoms with Gasteiger partial charge in [0.1, 0.15) is 42.7 Å². The molecule has 0 radical (unpaired) electrons. The van der Waals surface area contributed by atoms with Gasteiger partial charge in [0, 0.05) is 5.92 Å². The zero-order valence-corrected chi connectivity index (χ0v) is 33.1. The summed E-state index contributed by atoms with van der Waals surface area (Å²) in [7, 11) is 0. The maximum atomic E-state index is 13.1. The molecule has 8 N–H and O–H groups in total. The maximum Gasteiger partial charge on any atom is 0.310 e. The van der Waals surface area contributed by atoms with Gasteiger partial charge in [-0.2, -0.15) is 0 Å². The predicted octanol–water partition coefficient (Wildman–Crippen LogP) is 2.49. The molecule has 19 atom stereocenters. The summed E-state index contributed by atoms with van der Waals surface area (Å²) in [6.07, 6.45) is -4.14. The van der Waals surface area contributed by atoms with Crippen LogP contribution in [0.5, 0.6) is 0 Å². The summed E-state index contributed by atoms with van der Waals surface area (Å²) in [4.78, 5) is 13.1. The van der Waals surface area contributed by atoms with Crippen molar-refractivity contribution in [2.45, 2.75) is 173 Å². The van der Waals surface area contributed by atoms with Crippen molar-refractivity contribution in [2.24, 2.45) is 50.7 Å². The smallest absolute Gasteiger partial charge is 0.310 e. The van der Waals surface area contributed by atoms with E-state index < -0.39 is 84.8 Å². The van der Waals surface area contributed by atoms with E-state index in [1.165, 1.54) is 0 Å². The van der Waals surface area contributed by atoms with Crippen molar-refractivity contribution in [3.8, 4) is 0 Å². The van der Waals surface area contributed by atoms with E-state index in [0.29, 0.717) is 31.6 Å². The number of carboxylic acids is 1. The number of allylic oxidation sites excluding steroid dienone is 1. The van der Waals surface area contributed by atoms with Crippen molar-refractivity contribution in [3.05, 3.63) is 11.6 Å². The monoisotopic (exact) mass is 766 g/mol. The number of fused-ring (bicyclic) bond motifs is 7. The summed E-state index contributed by atoms with van der Waals surface area (Å²) in [6, 6.07) is 0. The fourth-order valence-corrected chi connectivity index (χ4v) is 13.6. The Morgan fingerprint density at radius 1 is 0.833 bits per heavy atom. The van der Waals surface area contributed by atoms with Gasteiger partial charge in [0.05, 0.1) is 30.3 Å². The van der Waals surface area contributed by atoms with Crippen LogP contribution in [-0.2, 0) is 23.7 Å². The number of rotatable bonds is 6. The number of ether oxygens (including phenoxy) is 4. The van der Waals surface area contributed by atoms with Crippen LogP contribution in [0.2, 0.25) is 0 Å². The average molecular weight is 767 g/mol. The van der Waals surface area contributed by atoms with E-state index in [4.69, 9.17) is 18.9 Å². The molecule has 0 bridgehead atoms. The molecule has 2 saturated heterocycles. The highest BCUT2D eigenvalue weighted by atomic mass is 16.8. The topological polar surface area (TPSA) is 216 Å². The van der Waals surface area contributed by atoms with Gasteiger partial charge in [-0.15, -0.1) is 0 Å². The number of aliphatic hydroxyl groups excluding tert-OH is 6. The Labute approximate surface area is 319 Å². The fraction of sp³-hybridized carbons (Fsp3) is 0.927. The van der Waals surface area contributed by atoms with E-state index in [2.05, 4.69) is 47.6 Å². The van der Waals surface area contributed by atoms with Crippen LogP contribution in [0, 0.1) is 50.7 Å². The molecular weight excluding hydrogens is 700 g/mol. The van der Waals surface area contributed by atoms with Gasteiger partial charge in [0.15, 0.2) is 12.6 Å². The van der Waals surface area contributed by atoms with Crippen molar-refractivity contribution in [1.82, 2.24) is 0 Å². The van der Waals surface area contributed by atoms with Crippen LogP contribution in [0.3, 0.4) is 0 Å². The first-order valence-electron chi connectivity index (χ1n) is 20.4. The minimum absolute atomic E-state index is 0.00666. The SMILES string of the molecule is C[C@@H]1CC[C@]2(C(=O)O)CC[C@@]3(C)C(=CC[C@H]4[C@]5(C)CC[C@@H](O[C@@H]6OC[C@H](O)[C@H](O)[C@H]6O[C@H]6O[C@@H](CO)[C@H](O)[C@@H](O)[C@@H]6O)C(C)(C)[C@@H]5CC[C@]43C)[C@@H]2[C@]1(C)O. The van der Waals surface area contributed by atoms with Gasteiger partial charge in [-0.3, -0.25) is 4.79 Å². The molecule has 54 heavy (non-hydrogen) atoms. The lowest BCUT2D eigenvalue weighted by molar-refractivity contribution is -0.367. The van der Waals surface area contributed by atoms with E-state index in [1.54, 1.807) is 0 Å². The largest absolute Gasteiger partial charge is 0.481 e. The molecule has 7 aliphatic rings. The Bertz CT molecular complexity index is 1470. The Morgan fingerprint density at radius 2 is 1.54 bits per heavy atom. The number of aliphatic carboxylic acids is 1. The van der Waals surface area contributed by atoms with E-state index in [9.17, 15) is 45.6 Å². The Kier molecular flexibility index (Phi) is 10.4. The van der Waals surface area contributed by atoms with Gasteiger partial charge in [-0.05, 0) is 104 Å². The quantitative estimate of drug-likeness (QED) is 0.144. The number of carbonyl (C=O) groups is 1. The van der Waals surface area contributed by atoms with Crippen LogP contribution in [-0.4, -0.2) is 127 Å². The third-order valence-electron chi connectivity index (χ3n) is 17.3. The van der Waals surface area contributed by atoms with Gasteiger partial charge < -0.3 is 59.8 Å². The number of hydrogen-bond donors (Lipinski definition) is 8. The van der Waals surface area contributed by atoms with Crippen molar-refractivity contribution in [1.29, 1.82) is 0 Å².